The van der Waals surface area contributed by atoms with E-state index in [0.29, 0.717) is 5.92 Å². The van der Waals surface area contributed by atoms with Gasteiger partial charge in [0.15, 0.2) is 11.5 Å². The van der Waals surface area contributed by atoms with Gasteiger partial charge in [0.25, 0.3) is 5.91 Å². The van der Waals surface area contributed by atoms with Gasteiger partial charge in [-0.25, -0.2) is 4.99 Å². The largest absolute Gasteiger partial charge is 0.460 e. The Morgan fingerprint density at radius 1 is 1.22 bits per heavy atom. The topological polar surface area (TPSA) is 94.2 Å². The van der Waals surface area contributed by atoms with Gasteiger partial charge in [-0.3, -0.25) is 14.5 Å². The van der Waals surface area contributed by atoms with Gasteiger partial charge >= 0.3 is 5.97 Å². The van der Waals surface area contributed by atoms with Gasteiger partial charge in [-0.1, -0.05) is 17.9 Å². The van der Waals surface area contributed by atoms with Crippen LogP contribution in [-0.2, 0) is 31.0 Å². The molecule has 7 nitrogen and oxygen atoms in total. The first kappa shape index (κ1) is 24.8. The van der Waals surface area contributed by atoms with Gasteiger partial charge in [0, 0.05) is 30.6 Å². The van der Waals surface area contributed by atoms with Gasteiger partial charge in [-0.2, -0.15) is 0 Å². The number of hydrogen-bond acceptors (Lipinski definition) is 6. The van der Waals surface area contributed by atoms with Crippen LogP contribution in [0.1, 0.15) is 82.4 Å². The molecule has 0 saturated heterocycles. The molecule has 7 heteroatoms. The van der Waals surface area contributed by atoms with E-state index in [0.717, 1.165) is 61.6 Å². The van der Waals surface area contributed by atoms with Gasteiger partial charge < -0.3 is 15.2 Å². The molecule has 2 spiro atoms. The summed E-state index contributed by atoms with van der Waals surface area (Å²) in [6.07, 6.45) is 6.76. The van der Waals surface area contributed by atoms with Gasteiger partial charge in [-0.15, -0.1) is 0 Å². The highest BCUT2D eigenvalue weighted by Gasteiger charge is 2.66. The minimum Gasteiger partial charge on any atom is -0.460 e. The maximum atomic E-state index is 14.3. The number of rotatable bonds is 4. The lowest BCUT2D eigenvalue weighted by atomic mass is 9.61. The fourth-order valence-corrected chi connectivity index (χ4v) is 6.17. The number of hydrogen-bond donors (Lipinski definition) is 1. The Morgan fingerprint density at radius 2 is 1.94 bits per heavy atom. The zero-order chi connectivity index (χ0) is 25.7. The number of carbonyl (C=O) groups excluding carboxylic acids is 2. The predicted molar refractivity (Wildman–Crippen MR) is 137 cm³/mol. The van der Waals surface area contributed by atoms with Crippen molar-refractivity contribution in [1.82, 2.24) is 4.90 Å². The molecule has 1 amide bonds. The molecule has 1 atom stereocenters. The Hall–Kier alpha value is -2.85. The van der Waals surface area contributed by atoms with E-state index >= 15 is 0 Å². The van der Waals surface area contributed by atoms with Crippen molar-refractivity contribution in [2.24, 2.45) is 22.1 Å². The molecular weight excluding hydrogens is 454 g/mol. The Labute approximate surface area is 213 Å². The van der Waals surface area contributed by atoms with Crippen molar-refractivity contribution in [2.75, 3.05) is 13.7 Å². The van der Waals surface area contributed by atoms with Crippen molar-refractivity contribution < 1.29 is 19.1 Å². The number of methoxy groups -OCH3 is 1. The highest BCUT2D eigenvalue weighted by Crippen LogP contribution is 2.62. The van der Waals surface area contributed by atoms with Crippen molar-refractivity contribution in [3.05, 3.63) is 34.9 Å². The maximum absolute atomic E-state index is 14.3. The maximum Gasteiger partial charge on any atom is 0.308 e. The van der Waals surface area contributed by atoms with Crippen molar-refractivity contribution >= 4 is 17.8 Å². The summed E-state index contributed by atoms with van der Waals surface area (Å²) in [6.45, 7) is 5.64. The van der Waals surface area contributed by atoms with E-state index in [-0.39, 0.29) is 42.3 Å². The van der Waals surface area contributed by atoms with Crippen molar-refractivity contribution in [1.29, 1.82) is 0 Å². The Morgan fingerprint density at radius 3 is 2.58 bits per heavy atom. The number of carbonyl (C=O) groups is 2. The molecule has 1 unspecified atom stereocenters. The van der Waals surface area contributed by atoms with Gasteiger partial charge in [-0.05, 0) is 89.0 Å². The number of nitrogens with two attached hydrogens (primary N) is 1. The number of guanidine groups is 1. The lowest BCUT2D eigenvalue weighted by Crippen LogP contribution is -2.52. The molecule has 1 aromatic carbocycles. The molecule has 1 aromatic rings. The van der Waals surface area contributed by atoms with Gasteiger partial charge in [0.2, 0.25) is 0 Å². The summed E-state index contributed by atoms with van der Waals surface area (Å²) in [7, 11) is 1.75. The van der Waals surface area contributed by atoms with Crippen LogP contribution < -0.4 is 5.73 Å². The number of amides is 1. The van der Waals surface area contributed by atoms with Crippen molar-refractivity contribution in [2.45, 2.75) is 89.4 Å². The highest BCUT2D eigenvalue weighted by atomic mass is 16.6. The summed E-state index contributed by atoms with van der Waals surface area (Å²) in [5, 5.41) is 0. The standard InChI is InChI=1S/C29H37N3O4/c1-27(2,3)36-24(33)13-16-32-25(34)29(31-26(32)30)23-17-20(8-7-19-5-6-19)9-10-21(23)18-28(29)14-11-22(35-4)12-15-28/h9-10,17,19,22H,5-6,11-16,18H2,1-4H3,(H2,30,31). The molecule has 4 aliphatic rings. The minimum absolute atomic E-state index is 0.0633. The van der Waals surface area contributed by atoms with Crippen LogP contribution >= 0.6 is 0 Å². The zero-order valence-electron chi connectivity index (χ0n) is 21.9. The third kappa shape index (κ3) is 4.30. The molecule has 36 heavy (non-hydrogen) atoms. The second kappa shape index (κ2) is 8.92. The number of esters is 1. The first-order valence-corrected chi connectivity index (χ1v) is 13.1. The number of fused-ring (bicyclic) bond motifs is 3. The lowest BCUT2D eigenvalue weighted by molar-refractivity contribution is -0.155. The summed E-state index contributed by atoms with van der Waals surface area (Å²) in [4.78, 5) is 33.2. The number of benzene rings is 1. The molecule has 2 saturated carbocycles. The van der Waals surface area contributed by atoms with E-state index in [1.54, 1.807) is 7.11 Å². The molecule has 0 bridgehead atoms. The molecule has 3 aliphatic carbocycles. The summed E-state index contributed by atoms with van der Waals surface area (Å²) in [5.41, 5.74) is 7.37. The Balaban J connectivity index is 1.49. The normalized spacial score (nSPS) is 29.2. The quantitative estimate of drug-likeness (QED) is 0.512. The van der Waals surface area contributed by atoms with Crippen LogP contribution in [0, 0.1) is 23.2 Å². The van der Waals surface area contributed by atoms with Crippen LogP contribution in [0.3, 0.4) is 0 Å². The smallest absolute Gasteiger partial charge is 0.308 e. The van der Waals surface area contributed by atoms with E-state index in [2.05, 4.69) is 30.0 Å². The first-order chi connectivity index (χ1) is 17.1. The van der Waals surface area contributed by atoms with E-state index in [1.807, 2.05) is 20.8 Å². The molecule has 5 rings (SSSR count). The number of ether oxygens (including phenoxy) is 2. The third-order valence-electron chi connectivity index (χ3n) is 8.09. The second-order valence-corrected chi connectivity index (χ2v) is 11.8. The average molecular weight is 492 g/mol. The van der Waals surface area contributed by atoms with Gasteiger partial charge in [0.1, 0.15) is 5.60 Å². The van der Waals surface area contributed by atoms with Crippen molar-refractivity contribution in [3.63, 3.8) is 0 Å². The summed E-state index contributed by atoms with van der Waals surface area (Å²) < 4.78 is 11.1. The van der Waals surface area contributed by atoms with E-state index in [4.69, 9.17) is 20.2 Å². The molecule has 1 heterocycles. The van der Waals surface area contributed by atoms with Crippen LogP contribution in [0.25, 0.3) is 0 Å². The summed E-state index contributed by atoms with van der Waals surface area (Å²) >= 11 is 0. The predicted octanol–water partition coefficient (Wildman–Crippen LogP) is 3.66. The molecule has 1 aliphatic heterocycles. The van der Waals surface area contributed by atoms with Crippen LogP contribution in [0.5, 0.6) is 0 Å². The van der Waals surface area contributed by atoms with Crippen LogP contribution in [0.15, 0.2) is 23.2 Å². The summed E-state index contributed by atoms with van der Waals surface area (Å²) in [6, 6.07) is 6.25. The second-order valence-electron chi connectivity index (χ2n) is 11.8. The van der Waals surface area contributed by atoms with Crippen LogP contribution in [0.4, 0.5) is 0 Å². The molecule has 2 fully saturated rings. The summed E-state index contributed by atoms with van der Waals surface area (Å²) in [5.74, 6) is 6.83. The number of aliphatic imine (C=N–C) groups is 1. The van der Waals surface area contributed by atoms with E-state index in [1.165, 1.54) is 4.90 Å². The van der Waals surface area contributed by atoms with Crippen LogP contribution in [-0.4, -0.2) is 48.1 Å². The van der Waals surface area contributed by atoms with Gasteiger partial charge in [0.05, 0.1) is 12.5 Å². The fourth-order valence-electron chi connectivity index (χ4n) is 6.17. The highest BCUT2D eigenvalue weighted by molar-refractivity contribution is 6.08. The molecular formula is C29H37N3O4. The zero-order valence-corrected chi connectivity index (χ0v) is 21.9. The van der Waals surface area contributed by atoms with E-state index in [9.17, 15) is 9.59 Å². The fraction of sp³-hybridized carbons (Fsp3) is 0.621. The molecule has 0 radical (unpaired) electrons. The third-order valence-corrected chi connectivity index (χ3v) is 8.09. The molecule has 2 N–H and O–H groups in total. The average Bonchev–Trinajstić information content (AvgIpc) is 3.57. The first-order valence-electron chi connectivity index (χ1n) is 13.1. The Bertz CT molecular complexity index is 1160. The SMILES string of the molecule is COC1CCC2(CC1)Cc1ccc(C#CC3CC3)cc1C21N=C(N)N(CCC(=O)OC(C)(C)C)C1=O. The van der Waals surface area contributed by atoms with E-state index < -0.39 is 11.1 Å². The lowest BCUT2D eigenvalue weighted by Gasteiger charge is -2.45. The van der Waals surface area contributed by atoms with Crippen LogP contribution in [0.2, 0.25) is 0 Å². The molecule has 192 valence electrons. The molecule has 0 aromatic heterocycles. The Kier molecular flexibility index (Phi) is 6.15. The minimum atomic E-state index is -1.09. The van der Waals surface area contributed by atoms with Crippen molar-refractivity contribution in [3.8, 4) is 11.8 Å². The number of nitrogens with zero attached hydrogens (tertiary/aromatic N) is 2. The monoisotopic (exact) mass is 491 g/mol.